The average molecular weight is 623 g/mol. The van der Waals surface area contributed by atoms with Gasteiger partial charge in [0.2, 0.25) is 11.8 Å². The topological polar surface area (TPSA) is 122 Å². The van der Waals surface area contributed by atoms with E-state index >= 15 is 0 Å². The lowest BCUT2D eigenvalue weighted by atomic mass is 9.74. The molecule has 44 heavy (non-hydrogen) atoms. The molecule has 1 aliphatic rings. The van der Waals surface area contributed by atoms with Crippen LogP contribution in [-0.2, 0) is 10.0 Å². The van der Waals surface area contributed by atoms with Gasteiger partial charge in [0, 0.05) is 23.7 Å². The molecule has 2 heterocycles. The highest BCUT2D eigenvalue weighted by atomic mass is 32.2. The van der Waals surface area contributed by atoms with E-state index in [-0.39, 0.29) is 46.3 Å². The van der Waals surface area contributed by atoms with E-state index in [1.807, 2.05) is 45.9 Å². The molecule has 238 valence electrons. The summed E-state index contributed by atoms with van der Waals surface area (Å²) in [4.78, 5) is 25.0. The van der Waals surface area contributed by atoms with Crippen molar-refractivity contribution in [1.29, 1.82) is 0 Å². The van der Waals surface area contributed by atoms with Crippen LogP contribution in [0.4, 0.5) is 5.95 Å². The first kappa shape index (κ1) is 33.4. The van der Waals surface area contributed by atoms with E-state index in [0.29, 0.717) is 25.1 Å². The molecule has 4 rings (SSSR count). The Morgan fingerprint density at radius 2 is 1.61 bits per heavy atom. The fourth-order valence-corrected chi connectivity index (χ4v) is 6.33. The van der Waals surface area contributed by atoms with E-state index in [9.17, 15) is 18.3 Å². The summed E-state index contributed by atoms with van der Waals surface area (Å²) < 4.78 is 36.0. The molecule has 0 saturated heterocycles. The number of aromatic nitrogens is 2. The van der Waals surface area contributed by atoms with Crippen LogP contribution in [0, 0.1) is 24.7 Å². The van der Waals surface area contributed by atoms with Crippen LogP contribution in [0.2, 0.25) is 0 Å². The van der Waals surface area contributed by atoms with Crippen molar-refractivity contribution in [1.82, 2.24) is 14.9 Å². The number of aliphatic hydroxyl groups is 1. The number of carbonyl (C=O) groups excluding carboxylic acids is 1. The molecule has 0 unspecified atom stereocenters. The molecule has 0 radical (unpaired) electrons. The van der Waals surface area contributed by atoms with Crippen molar-refractivity contribution in [3.05, 3.63) is 65.2 Å². The summed E-state index contributed by atoms with van der Waals surface area (Å²) in [5.74, 6) is -0.226. The molecular formula is C34H46N4O5S. The number of hydrogen-bond donors (Lipinski definition) is 2. The minimum atomic E-state index is -4.15. The van der Waals surface area contributed by atoms with Crippen molar-refractivity contribution >= 4 is 21.9 Å². The van der Waals surface area contributed by atoms with E-state index in [2.05, 4.69) is 35.5 Å². The highest BCUT2D eigenvalue weighted by Gasteiger charge is 2.37. The van der Waals surface area contributed by atoms with Gasteiger partial charge in [-0.3, -0.25) is 4.79 Å². The van der Waals surface area contributed by atoms with Crippen LogP contribution >= 0.6 is 0 Å². The minimum Gasteiger partial charge on any atom is -0.475 e. The van der Waals surface area contributed by atoms with E-state index in [0.717, 1.165) is 16.7 Å². The van der Waals surface area contributed by atoms with Crippen molar-refractivity contribution in [3.63, 3.8) is 0 Å². The number of aryl methyl sites for hydroxylation is 2. The molecule has 10 heteroatoms. The maximum Gasteiger partial charge on any atom is 0.264 e. The van der Waals surface area contributed by atoms with Crippen LogP contribution in [0.25, 0.3) is 11.3 Å². The molecule has 1 amide bonds. The van der Waals surface area contributed by atoms with Crippen LogP contribution in [0.1, 0.15) is 82.8 Å². The van der Waals surface area contributed by atoms with Gasteiger partial charge in [-0.25, -0.2) is 18.1 Å². The molecule has 0 fully saturated rings. The standard InChI is InChI=1S/C34H46N4O5S/c1-22-12-10-13-23(2)29(22)27-19-28-36-31(35-27)37-44(41,42)26-15-11-14-24(18-26)30(39)38(17-16-33(6,7)34(8,9)40)25(21-43-28)20-32(3,4)5/h10-15,18-19,25,40H,16-17,20-21H2,1-9H3,(H,35,36,37)/t25-/m1/s1. The van der Waals surface area contributed by atoms with Crippen molar-refractivity contribution in [2.75, 3.05) is 17.9 Å². The van der Waals surface area contributed by atoms with Gasteiger partial charge in [0.15, 0.2) is 0 Å². The summed E-state index contributed by atoms with van der Waals surface area (Å²) in [6.07, 6.45) is 1.12. The largest absolute Gasteiger partial charge is 0.475 e. The van der Waals surface area contributed by atoms with E-state index in [4.69, 9.17) is 4.74 Å². The van der Waals surface area contributed by atoms with Gasteiger partial charge in [-0.05, 0) is 80.7 Å². The third-order valence-corrected chi connectivity index (χ3v) is 9.99. The predicted octanol–water partition coefficient (Wildman–Crippen LogP) is 6.39. The first-order chi connectivity index (χ1) is 20.3. The second-order valence-corrected chi connectivity index (χ2v) is 15.9. The Hall–Kier alpha value is -3.50. The van der Waals surface area contributed by atoms with Gasteiger partial charge in [-0.2, -0.15) is 4.98 Å². The molecular weight excluding hydrogens is 576 g/mol. The molecule has 0 spiro atoms. The minimum absolute atomic E-state index is 0.0738. The summed E-state index contributed by atoms with van der Waals surface area (Å²) in [6.45, 7) is 18.2. The van der Waals surface area contributed by atoms with Gasteiger partial charge >= 0.3 is 0 Å². The summed E-state index contributed by atoms with van der Waals surface area (Å²) >= 11 is 0. The smallest absolute Gasteiger partial charge is 0.264 e. The molecule has 2 aromatic carbocycles. The van der Waals surface area contributed by atoms with E-state index in [1.54, 1.807) is 36.9 Å². The Morgan fingerprint density at radius 1 is 0.977 bits per heavy atom. The summed E-state index contributed by atoms with van der Waals surface area (Å²) in [5.41, 5.74) is 1.92. The van der Waals surface area contributed by atoms with Crippen LogP contribution in [0.15, 0.2) is 53.4 Å². The van der Waals surface area contributed by atoms with E-state index in [1.165, 1.54) is 12.1 Å². The van der Waals surface area contributed by atoms with Gasteiger partial charge in [-0.15, -0.1) is 0 Å². The maximum atomic E-state index is 14.3. The zero-order valence-corrected chi connectivity index (χ0v) is 28.2. The normalized spacial score (nSPS) is 17.5. The molecule has 1 aromatic heterocycles. The first-order valence-corrected chi connectivity index (χ1v) is 16.5. The molecule has 9 nitrogen and oxygen atoms in total. The zero-order valence-electron chi connectivity index (χ0n) is 27.4. The van der Waals surface area contributed by atoms with Gasteiger partial charge in [-0.1, -0.05) is 58.9 Å². The van der Waals surface area contributed by atoms with Gasteiger partial charge < -0.3 is 14.7 Å². The Balaban J connectivity index is 1.89. The zero-order chi connectivity index (χ0) is 32.7. The number of hydrogen-bond acceptors (Lipinski definition) is 7. The van der Waals surface area contributed by atoms with Gasteiger partial charge in [0.25, 0.3) is 15.9 Å². The summed E-state index contributed by atoms with van der Waals surface area (Å²) in [7, 11) is -4.15. The quantitative estimate of drug-likeness (QED) is 0.327. The highest BCUT2D eigenvalue weighted by molar-refractivity contribution is 7.92. The molecule has 2 N–H and O–H groups in total. The number of rotatable bonds is 6. The van der Waals surface area contributed by atoms with Crippen molar-refractivity contribution in [2.45, 2.75) is 91.7 Å². The number of nitrogens with one attached hydrogen (secondary N) is 1. The van der Waals surface area contributed by atoms with Gasteiger partial charge in [0.05, 0.1) is 22.2 Å². The fourth-order valence-electron chi connectivity index (χ4n) is 5.34. The number of nitrogens with zero attached hydrogens (tertiary/aromatic N) is 3. The summed E-state index contributed by atoms with van der Waals surface area (Å²) in [6, 6.07) is 13.3. The van der Waals surface area contributed by atoms with Crippen molar-refractivity contribution in [2.24, 2.45) is 10.8 Å². The average Bonchev–Trinajstić information content (AvgIpc) is 2.89. The maximum absolute atomic E-state index is 14.3. The molecule has 0 saturated carbocycles. The lowest BCUT2D eigenvalue weighted by Gasteiger charge is -2.41. The number of sulfonamides is 1. The molecule has 0 aliphatic carbocycles. The number of carbonyl (C=O) groups is 1. The lowest BCUT2D eigenvalue weighted by Crippen LogP contribution is -2.48. The van der Waals surface area contributed by atoms with E-state index < -0.39 is 21.0 Å². The lowest BCUT2D eigenvalue weighted by molar-refractivity contribution is -0.0451. The third kappa shape index (κ3) is 7.58. The van der Waals surface area contributed by atoms with Crippen LogP contribution < -0.4 is 9.46 Å². The number of anilines is 1. The Morgan fingerprint density at radius 3 is 2.23 bits per heavy atom. The van der Waals surface area contributed by atoms with Crippen LogP contribution in [0.5, 0.6) is 5.88 Å². The SMILES string of the molecule is Cc1cccc(C)c1-c1cc2nc(n1)NS(=O)(=O)c1cccc(c1)C(=O)N(CCC(C)(C)C(C)(C)O)[C@H](CC(C)(C)C)CO2. The molecule has 1 atom stereocenters. The Bertz CT molecular complexity index is 1620. The number of ether oxygens (including phenoxy) is 1. The molecule has 1 aliphatic heterocycles. The number of benzene rings is 2. The number of fused-ring (bicyclic) bond motifs is 4. The molecule has 3 aromatic rings. The fraction of sp³-hybridized carbons (Fsp3) is 0.500. The second-order valence-electron chi connectivity index (χ2n) is 14.2. The monoisotopic (exact) mass is 622 g/mol. The summed E-state index contributed by atoms with van der Waals surface area (Å²) in [5, 5.41) is 10.9. The third-order valence-electron chi connectivity index (χ3n) is 8.66. The van der Waals surface area contributed by atoms with Crippen molar-refractivity contribution in [3.8, 4) is 17.1 Å². The second kappa shape index (κ2) is 12.1. The van der Waals surface area contributed by atoms with Crippen LogP contribution in [0.3, 0.4) is 0 Å². The van der Waals surface area contributed by atoms with Crippen LogP contribution in [-0.4, -0.2) is 59.1 Å². The number of amides is 1. The molecule has 4 bridgehead atoms. The van der Waals surface area contributed by atoms with Crippen molar-refractivity contribution < 1.29 is 23.1 Å². The Labute approximate surface area is 262 Å². The highest BCUT2D eigenvalue weighted by Crippen LogP contribution is 2.36. The first-order valence-electron chi connectivity index (χ1n) is 15.0. The Kier molecular flexibility index (Phi) is 9.20. The van der Waals surface area contributed by atoms with Gasteiger partial charge in [0.1, 0.15) is 6.61 Å². The predicted molar refractivity (Wildman–Crippen MR) is 173 cm³/mol.